The van der Waals surface area contributed by atoms with Crippen LogP contribution in [-0.2, 0) is 11.3 Å². The number of methoxy groups -OCH3 is 2. The molecule has 13 heteroatoms. The molecule has 11 nitrogen and oxygen atoms in total. The highest BCUT2D eigenvalue weighted by Gasteiger charge is 2.41. The summed E-state index contributed by atoms with van der Waals surface area (Å²) in [6.45, 7) is 3.77. The van der Waals surface area contributed by atoms with E-state index in [0.29, 0.717) is 61.3 Å². The lowest BCUT2D eigenvalue weighted by Gasteiger charge is -2.43. The largest absolute Gasteiger partial charge is 0.495 e. The quantitative estimate of drug-likeness (QED) is 0.285. The van der Waals surface area contributed by atoms with E-state index in [2.05, 4.69) is 10.3 Å². The van der Waals surface area contributed by atoms with Crippen LogP contribution in [-0.4, -0.2) is 85.7 Å². The number of anilines is 4. The number of aromatic nitrogens is 2. The number of likely N-dealkylation sites (N-methyl/N-ethyl adjacent to an activating group) is 1. The third-order valence-corrected chi connectivity index (χ3v) is 8.65. The third-order valence-electron chi connectivity index (χ3n) is 7.92. The van der Waals surface area contributed by atoms with Crippen LogP contribution in [0.15, 0.2) is 48.7 Å². The monoisotopic (exact) mass is 653 g/mol. The predicted octanol–water partition coefficient (Wildman–Crippen LogP) is 5.91. The topological polar surface area (TPSA) is 103 Å². The number of hydrogen-bond donors (Lipinski definition) is 1. The molecule has 45 heavy (non-hydrogen) atoms. The first-order valence-electron chi connectivity index (χ1n) is 14.6. The summed E-state index contributed by atoms with van der Waals surface area (Å²) in [6, 6.07) is 8.82. The maximum Gasteiger partial charge on any atom is 0.330 e. The van der Waals surface area contributed by atoms with Gasteiger partial charge >= 0.3 is 6.03 Å². The average Bonchev–Trinajstić information content (AvgIpc) is 3.02. The van der Waals surface area contributed by atoms with Gasteiger partial charge in [-0.1, -0.05) is 47.5 Å². The van der Waals surface area contributed by atoms with Crippen LogP contribution in [0.4, 0.5) is 27.9 Å². The number of rotatable bonds is 9. The van der Waals surface area contributed by atoms with E-state index in [-0.39, 0.29) is 40.3 Å². The Morgan fingerprint density at radius 3 is 2.40 bits per heavy atom. The van der Waals surface area contributed by atoms with Gasteiger partial charge in [0.2, 0.25) is 11.9 Å². The molecule has 1 aromatic heterocycles. The molecular formula is C32H37Cl2N7O4. The van der Waals surface area contributed by atoms with Crippen molar-refractivity contribution in [3.63, 3.8) is 0 Å². The van der Waals surface area contributed by atoms with Gasteiger partial charge < -0.3 is 24.6 Å². The van der Waals surface area contributed by atoms with Gasteiger partial charge in [0.15, 0.2) is 0 Å². The maximum atomic E-state index is 14.5. The van der Waals surface area contributed by atoms with Crippen molar-refractivity contribution in [2.75, 3.05) is 63.1 Å². The first-order valence-corrected chi connectivity index (χ1v) is 15.4. The normalized spacial score (nSPS) is 15.6. The number of piperidine rings is 1. The fourth-order valence-corrected chi connectivity index (χ4v) is 6.20. The molecule has 238 valence electrons. The third kappa shape index (κ3) is 6.80. The van der Waals surface area contributed by atoms with Crippen LogP contribution in [0, 0.1) is 6.92 Å². The van der Waals surface area contributed by atoms with Gasteiger partial charge in [-0.05, 0) is 45.5 Å². The second-order valence-corrected chi connectivity index (χ2v) is 12.0. The van der Waals surface area contributed by atoms with Crippen LogP contribution in [0.25, 0.3) is 0 Å². The molecule has 0 atom stereocenters. The number of fused-ring (bicyclic) bond motifs is 1. The van der Waals surface area contributed by atoms with Crippen molar-refractivity contribution in [2.45, 2.75) is 32.4 Å². The minimum atomic E-state index is -0.349. The Balaban J connectivity index is 1.51. The fraction of sp³-hybridized carbons (Fsp3) is 0.375. The summed E-state index contributed by atoms with van der Waals surface area (Å²) in [4.78, 5) is 43.8. The van der Waals surface area contributed by atoms with Crippen molar-refractivity contribution in [1.82, 2.24) is 19.8 Å². The lowest BCUT2D eigenvalue weighted by Crippen LogP contribution is -2.55. The van der Waals surface area contributed by atoms with Crippen LogP contribution in [0.2, 0.25) is 10.0 Å². The van der Waals surface area contributed by atoms with E-state index in [1.807, 2.05) is 61.2 Å². The first-order chi connectivity index (χ1) is 21.6. The number of nitrogens with zero attached hydrogens (tertiary/aromatic N) is 6. The van der Waals surface area contributed by atoms with Crippen molar-refractivity contribution in [3.05, 3.63) is 69.9 Å². The van der Waals surface area contributed by atoms with E-state index in [1.54, 1.807) is 23.2 Å². The van der Waals surface area contributed by atoms with E-state index in [9.17, 15) is 9.59 Å². The molecule has 3 amide bonds. The van der Waals surface area contributed by atoms with Gasteiger partial charge in [0, 0.05) is 55.3 Å². The van der Waals surface area contributed by atoms with E-state index in [0.717, 1.165) is 11.3 Å². The van der Waals surface area contributed by atoms with Crippen LogP contribution in [0.3, 0.4) is 0 Å². The summed E-state index contributed by atoms with van der Waals surface area (Å²) in [5.41, 5.74) is 2.88. The van der Waals surface area contributed by atoms with Crippen molar-refractivity contribution in [1.29, 1.82) is 0 Å². The van der Waals surface area contributed by atoms with Crippen LogP contribution >= 0.6 is 23.2 Å². The molecule has 0 spiro atoms. The number of para-hydroxylation sites is 1. The molecule has 0 saturated carbocycles. The van der Waals surface area contributed by atoms with Crippen LogP contribution in [0.1, 0.15) is 24.0 Å². The lowest BCUT2D eigenvalue weighted by molar-refractivity contribution is -0.127. The number of aryl methyl sites for hydroxylation is 1. The van der Waals surface area contributed by atoms with E-state index in [4.69, 9.17) is 37.7 Å². The molecule has 1 fully saturated rings. The van der Waals surface area contributed by atoms with Crippen LogP contribution in [0.5, 0.6) is 11.5 Å². The van der Waals surface area contributed by atoms with Crippen LogP contribution < -0.4 is 24.6 Å². The molecule has 3 aromatic rings. The molecule has 2 aliphatic heterocycles. The zero-order chi connectivity index (χ0) is 32.2. The Bertz CT molecular complexity index is 1580. The minimum Gasteiger partial charge on any atom is -0.495 e. The molecule has 1 saturated heterocycles. The van der Waals surface area contributed by atoms with E-state index >= 15 is 0 Å². The Morgan fingerprint density at radius 1 is 1.11 bits per heavy atom. The Hall–Kier alpha value is -4.06. The molecule has 3 heterocycles. The van der Waals surface area contributed by atoms with Gasteiger partial charge in [-0.3, -0.25) is 14.6 Å². The van der Waals surface area contributed by atoms with Crippen molar-refractivity contribution >= 4 is 58.3 Å². The highest BCUT2D eigenvalue weighted by molar-refractivity contribution is 6.42. The maximum absolute atomic E-state index is 14.5. The molecule has 0 radical (unpaired) electrons. The summed E-state index contributed by atoms with van der Waals surface area (Å²) >= 11 is 13.6. The van der Waals surface area contributed by atoms with Gasteiger partial charge in [0.25, 0.3) is 0 Å². The van der Waals surface area contributed by atoms with Gasteiger partial charge in [0.1, 0.15) is 27.4 Å². The average molecular weight is 655 g/mol. The van der Waals surface area contributed by atoms with Gasteiger partial charge in [-0.15, -0.1) is 0 Å². The fourth-order valence-electron chi connectivity index (χ4n) is 5.50. The number of benzene rings is 2. The summed E-state index contributed by atoms with van der Waals surface area (Å²) in [5, 5.41) is 3.66. The summed E-state index contributed by atoms with van der Waals surface area (Å²) in [6.07, 6.45) is 6.29. The van der Waals surface area contributed by atoms with Crippen molar-refractivity contribution in [2.24, 2.45) is 0 Å². The number of carbonyl (C=O) groups is 2. The molecule has 0 unspecified atom stereocenters. The molecule has 0 aliphatic carbocycles. The second kappa shape index (κ2) is 13.9. The SMILES string of the molecule is COc1cc(OC)c(Cl)c(N2Cc3cnc(Nc4ccccc4C)nc3N(C3CCN(C(=O)/C=C/CN(C)C)CC3)C2=O)c1Cl. The molecule has 2 aliphatic rings. The number of amides is 3. The molecule has 0 bridgehead atoms. The zero-order valence-corrected chi connectivity index (χ0v) is 27.5. The van der Waals surface area contributed by atoms with Gasteiger partial charge in [0.05, 0.1) is 26.5 Å². The molecule has 2 aromatic carbocycles. The minimum absolute atomic E-state index is 0.0450. The number of nitrogens with one attached hydrogen (secondary N) is 1. The summed E-state index contributed by atoms with van der Waals surface area (Å²) in [5.74, 6) is 1.46. The number of carbonyl (C=O) groups excluding carboxylic acids is 2. The smallest absolute Gasteiger partial charge is 0.330 e. The Labute approximate surface area is 273 Å². The van der Waals surface area contributed by atoms with E-state index in [1.165, 1.54) is 19.1 Å². The number of ether oxygens (including phenoxy) is 2. The summed E-state index contributed by atoms with van der Waals surface area (Å²) < 4.78 is 11.0. The predicted molar refractivity (Wildman–Crippen MR) is 177 cm³/mol. The van der Waals surface area contributed by atoms with Gasteiger partial charge in [-0.25, -0.2) is 9.78 Å². The van der Waals surface area contributed by atoms with Crippen molar-refractivity contribution < 1.29 is 19.1 Å². The number of likely N-dealkylation sites (tertiary alicyclic amines) is 1. The highest BCUT2D eigenvalue weighted by Crippen LogP contribution is 2.48. The Kier molecular flexibility index (Phi) is 10.0. The zero-order valence-electron chi connectivity index (χ0n) is 26.0. The standard InChI is InChI=1S/C32H37Cl2N7O4/c1-20-9-6-7-10-23(20)36-31-35-18-21-19-40(29-27(33)24(44-4)17-25(45-5)28(29)34)32(43)41(30(21)37-31)22-12-15-39(16-13-22)26(42)11-8-14-38(2)3/h6-11,17-18,22H,12-16,19H2,1-5H3,(H,35,36,37)/b11-8+. The molecule has 5 rings (SSSR count). The number of urea groups is 1. The molecular weight excluding hydrogens is 617 g/mol. The number of halogens is 2. The van der Waals surface area contributed by atoms with Crippen molar-refractivity contribution in [3.8, 4) is 11.5 Å². The first kappa shape index (κ1) is 32.3. The molecule has 1 N–H and O–H groups in total. The Morgan fingerprint density at radius 2 is 1.78 bits per heavy atom. The summed E-state index contributed by atoms with van der Waals surface area (Å²) in [7, 11) is 6.87. The second-order valence-electron chi connectivity index (χ2n) is 11.2. The highest BCUT2D eigenvalue weighted by atomic mass is 35.5. The lowest BCUT2D eigenvalue weighted by atomic mass is 10.0. The number of hydrogen-bond acceptors (Lipinski definition) is 8. The van der Waals surface area contributed by atoms with Gasteiger partial charge in [-0.2, -0.15) is 4.98 Å². The van der Waals surface area contributed by atoms with E-state index < -0.39 is 0 Å².